The van der Waals surface area contributed by atoms with Crippen LogP contribution in [0.5, 0.6) is 0 Å². The van der Waals surface area contributed by atoms with E-state index in [2.05, 4.69) is 9.97 Å². The number of amides is 1. The minimum atomic E-state index is -0.428. The van der Waals surface area contributed by atoms with Crippen molar-refractivity contribution in [2.75, 3.05) is 31.6 Å². The van der Waals surface area contributed by atoms with Crippen LogP contribution in [0.2, 0.25) is 0 Å². The largest absolute Gasteiger partial charge is 0.344 e. The molecule has 0 aliphatic carbocycles. The van der Waals surface area contributed by atoms with E-state index in [0.29, 0.717) is 5.95 Å². The first-order chi connectivity index (χ1) is 8.61. The van der Waals surface area contributed by atoms with Crippen LogP contribution in [0, 0.1) is 11.2 Å². The van der Waals surface area contributed by atoms with Crippen molar-refractivity contribution in [2.24, 2.45) is 5.41 Å². The summed E-state index contributed by atoms with van der Waals surface area (Å²) in [4.78, 5) is 23.6. The van der Waals surface area contributed by atoms with Crippen molar-refractivity contribution >= 4 is 11.9 Å². The van der Waals surface area contributed by atoms with E-state index in [9.17, 15) is 9.18 Å². The fourth-order valence-corrected chi connectivity index (χ4v) is 2.88. The van der Waals surface area contributed by atoms with Crippen LogP contribution in [0.3, 0.4) is 0 Å². The summed E-state index contributed by atoms with van der Waals surface area (Å²) in [7, 11) is 1.84. The lowest BCUT2D eigenvalue weighted by molar-refractivity contribution is -0.159. The number of hydrogen-bond acceptors (Lipinski definition) is 4. The molecular formula is C12H15FN4O. The first-order valence-corrected chi connectivity index (χ1v) is 6.09. The normalized spacial score (nSPS) is 22.2. The van der Waals surface area contributed by atoms with Gasteiger partial charge in [0, 0.05) is 26.7 Å². The second-order valence-electron chi connectivity index (χ2n) is 5.13. The number of aromatic nitrogens is 2. The summed E-state index contributed by atoms with van der Waals surface area (Å²) in [6.45, 7) is 2.36. The molecule has 96 valence electrons. The lowest BCUT2D eigenvalue weighted by atomic mass is 9.71. The van der Waals surface area contributed by atoms with E-state index in [1.54, 1.807) is 4.90 Å². The summed E-state index contributed by atoms with van der Waals surface area (Å²) in [5.41, 5.74) is -0.148. The molecule has 18 heavy (non-hydrogen) atoms. The molecule has 2 aliphatic heterocycles. The van der Waals surface area contributed by atoms with Crippen LogP contribution in [-0.4, -0.2) is 47.5 Å². The molecule has 0 bridgehead atoms. The van der Waals surface area contributed by atoms with Crippen LogP contribution in [0.15, 0.2) is 12.4 Å². The number of piperidine rings is 1. The van der Waals surface area contributed by atoms with Crippen molar-refractivity contribution in [1.82, 2.24) is 14.9 Å². The van der Waals surface area contributed by atoms with Crippen molar-refractivity contribution < 1.29 is 9.18 Å². The molecule has 0 saturated carbocycles. The van der Waals surface area contributed by atoms with Crippen molar-refractivity contribution in [2.45, 2.75) is 12.8 Å². The minimum Gasteiger partial charge on any atom is -0.344 e. The smallest absolute Gasteiger partial charge is 0.230 e. The number of anilines is 1. The highest BCUT2D eigenvalue weighted by Gasteiger charge is 2.51. The molecule has 5 nitrogen and oxygen atoms in total. The van der Waals surface area contributed by atoms with Gasteiger partial charge in [0.1, 0.15) is 0 Å². The molecule has 1 spiro atoms. The average molecular weight is 250 g/mol. The van der Waals surface area contributed by atoms with Crippen LogP contribution >= 0.6 is 0 Å². The molecule has 0 unspecified atom stereocenters. The van der Waals surface area contributed by atoms with Gasteiger partial charge in [-0.2, -0.15) is 0 Å². The number of β-lactam (4-membered cyclic amide) rings is 1. The molecule has 6 heteroatoms. The maximum Gasteiger partial charge on any atom is 0.230 e. The first-order valence-electron chi connectivity index (χ1n) is 6.09. The molecule has 1 aromatic rings. The van der Waals surface area contributed by atoms with E-state index in [4.69, 9.17) is 0 Å². The molecule has 1 amide bonds. The Kier molecular flexibility index (Phi) is 2.46. The lowest BCUT2D eigenvalue weighted by Gasteiger charge is -2.51. The highest BCUT2D eigenvalue weighted by atomic mass is 19.1. The Morgan fingerprint density at radius 1 is 1.28 bits per heavy atom. The van der Waals surface area contributed by atoms with Gasteiger partial charge >= 0.3 is 0 Å². The predicted molar refractivity (Wildman–Crippen MR) is 63.5 cm³/mol. The summed E-state index contributed by atoms with van der Waals surface area (Å²) < 4.78 is 12.7. The highest BCUT2D eigenvalue weighted by molar-refractivity contribution is 5.88. The fraction of sp³-hybridized carbons (Fsp3) is 0.583. The van der Waals surface area contributed by atoms with Gasteiger partial charge in [0.15, 0.2) is 5.82 Å². The number of halogens is 1. The zero-order chi connectivity index (χ0) is 12.8. The van der Waals surface area contributed by atoms with E-state index in [-0.39, 0.29) is 11.3 Å². The summed E-state index contributed by atoms with van der Waals surface area (Å²) in [6.07, 6.45) is 4.01. The quantitative estimate of drug-likeness (QED) is 0.688. The molecule has 0 atom stereocenters. The summed E-state index contributed by atoms with van der Waals surface area (Å²) in [6, 6.07) is 0. The van der Waals surface area contributed by atoms with Gasteiger partial charge in [0.05, 0.1) is 17.8 Å². The van der Waals surface area contributed by atoms with Crippen molar-refractivity contribution in [3.8, 4) is 0 Å². The van der Waals surface area contributed by atoms with Crippen LogP contribution < -0.4 is 4.90 Å². The molecule has 3 rings (SSSR count). The third-order valence-corrected chi connectivity index (χ3v) is 3.95. The maximum atomic E-state index is 12.7. The molecule has 2 saturated heterocycles. The maximum absolute atomic E-state index is 12.7. The number of nitrogens with zero attached hydrogens (tertiary/aromatic N) is 4. The van der Waals surface area contributed by atoms with Crippen molar-refractivity contribution in [1.29, 1.82) is 0 Å². The van der Waals surface area contributed by atoms with Gasteiger partial charge in [-0.15, -0.1) is 0 Å². The molecule has 0 radical (unpaired) electrons. The number of likely N-dealkylation sites (tertiary alicyclic amines) is 1. The molecule has 3 heterocycles. The van der Waals surface area contributed by atoms with Crippen LogP contribution in [0.1, 0.15) is 12.8 Å². The summed E-state index contributed by atoms with van der Waals surface area (Å²) in [5, 5.41) is 0. The Morgan fingerprint density at radius 3 is 2.39 bits per heavy atom. The minimum absolute atomic E-state index is 0.148. The Bertz CT molecular complexity index is 467. The van der Waals surface area contributed by atoms with Gasteiger partial charge in [-0.25, -0.2) is 14.4 Å². The molecule has 2 aliphatic rings. The number of hydrogen-bond donors (Lipinski definition) is 0. The second-order valence-corrected chi connectivity index (χ2v) is 5.13. The number of rotatable bonds is 1. The predicted octanol–water partition coefficient (Wildman–Crippen LogP) is 0.674. The van der Waals surface area contributed by atoms with E-state index in [1.807, 2.05) is 11.9 Å². The zero-order valence-electron chi connectivity index (χ0n) is 10.3. The number of carbonyl (C=O) groups is 1. The summed E-state index contributed by atoms with van der Waals surface area (Å²) in [5.74, 6) is 0.372. The Labute approximate surface area is 105 Å². The Morgan fingerprint density at radius 2 is 1.89 bits per heavy atom. The molecule has 2 fully saturated rings. The van der Waals surface area contributed by atoms with Crippen LogP contribution in [0.4, 0.5) is 10.3 Å². The van der Waals surface area contributed by atoms with Gasteiger partial charge in [-0.1, -0.05) is 0 Å². The van der Waals surface area contributed by atoms with Gasteiger partial charge in [-0.05, 0) is 12.8 Å². The zero-order valence-corrected chi connectivity index (χ0v) is 10.3. The van der Waals surface area contributed by atoms with E-state index >= 15 is 0 Å². The SMILES string of the molecule is CN1CC2(CCN(c3ncc(F)cn3)CC2)C1=O. The third-order valence-electron chi connectivity index (χ3n) is 3.95. The van der Waals surface area contributed by atoms with Gasteiger partial charge in [0.25, 0.3) is 0 Å². The fourth-order valence-electron chi connectivity index (χ4n) is 2.88. The van der Waals surface area contributed by atoms with E-state index in [0.717, 1.165) is 32.5 Å². The monoisotopic (exact) mass is 250 g/mol. The van der Waals surface area contributed by atoms with E-state index in [1.165, 1.54) is 12.4 Å². The standard InChI is InChI=1S/C12H15FN4O/c1-16-8-12(10(16)18)2-4-17(5-3-12)11-14-6-9(13)7-15-11/h6-7H,2-5,8H2,1H3. The summed E-state index contributed by atoms with van der Waals surface area (Å²) >= 11 is 0. The van der Waals surface area contributed by atoms with Gasteiger partial charge < -0.3 is 9.80 Å². The Balaban J connectivity index is 1.67. The second kappa shape index (κ2) is 3.90. The van der Waals surface area contributed by atoms with Gasteiger partial charge in [0.2, 0.25) is 11.9 Å². The van der Waals surface area contributed by atoms with Crippen molar-refractivity contribution in [3.63, 3.8) is 0 Å². The topological polar surface area (TPSA) is 49.3 Å². The van der Waals surface area contributed by atoms with E-state index < -0.39 is 5.82 Å². The highest BCUT2D eigenvalue weighted by Crippen LogP contribution is 2.41. The number of carbonyl (C=O) groups excluding carboxylic acids is 1. The van der Waals surface area contributed by atoms with Crippen molar-refractivity contribution in [3.05, 3.63) is 18.2 Å². The molecule has 1 aromatic heterocycles. The third kappa shape index (κ3) is 1.63. The lowest BCUT2D eigenvalue weighted by Crippen LogP contribution is -2.63. The molecule has 0 aromatic carbocycles. The van der Waals surface area contributed by atoms with Gasteiger partial charge in [-0.3, -0.25) is 4.79 Å². The van der Waals surface area contributed by atoms with Crippen LogP contribution in [0.25, 0.3) is 0 Å². The van der Waals surface area contributed by atoms with Crippen LogP contribution in [-0.2, 0) is 4.79 Å². The first kappa shape index (κ1) is 11.4. The Hall–Kier alpha value is -1.72. The average Bonchev–Trinajstić information content (AvgIpc) is 2.40. The molecular weight excluding hydrogens is 235 g/mol. The molecule has 0 N–H and O–H groups in total.